The van der Waals surface area contributed by atoms with Crippen molar-refractivity contribution in [3.63, 3.8) is 0 Å². The van der Waals surface area contributed by atoms with E-state index in [1.54, 1.807) is 38.5 Å². The first kappa shape index (κ1) is 18.1. The average Bonchev–Trinajstić information content (AvgIpc) is 2.58. The average molecular weight is 349 g/mol. The number of carbonyl (C=O) groups excluding carboxylic acids is 1. The van der Waals surface area contributed by atoms with Crippen molar-refractivity contribution in [3.05, 3.63) is 53.1 Å². The normalized spacial score (nSPS) is 10.3. The highest BCUT2D eigenvalue weighted by Gasteiger charge is 2.05. The van der Waals surface area contributed by atoms with Crippen molar-refractivity contribution >= 4 is 23.2 Å². The van der Waals surface area contributed by atoms with Crippen LogP contribution in [0.15, 0.2) is 42.5 Å². The fourth-order valence-corrected chi connectivity index (χ4v) is 2.43. The lowest BCUT2D eigenvalue weighted by molar-refractivity contribution is -0.115. The summed E-state index contributed by atoms with van der Waals surface area (Å²) < 4.78 is 10.5. The Morgan fingerprint density at radius 2 is 1.88 bits per heavy atom. The lowest BCUT2D eigenvalue weighted by atomic mass is 10.1. The van der Waals surface area contributed by atoms with Crippen molar-refractivity contribution in [2.75, 3.05) is 32.6 Å². The molecule has 0 heterocycles. The lowest BCUT2D eigenvalue weighted by Crippen LogP contribution is -2.29. The molecule has 1 amide bonds. The molecule has 0 unspecified atom stereocenters. The molecule has 2 aromatic rings. The van der Waals surface area contributed by atoms with E-state index in [0.717, 1.165) is 12.0 Å². The molecule has 0 aliphatic carbocycles. The maximum atomic E-state index is 11.9. The zero-order valence-corrected chi connectivity index (χ0v) is 14.5. The first-order chi connectivity index (χ1) is 11.6. The van der Waals surface area contributed by atoms with Gasteiger partial charge in [-0.05, 0) is 48.9 Å². The zero-order valence-electron chi connectivity index (χ0n) is 13.8. The molecule has 0 bridgehead atoms. The second-order valence-electron chi connectivity index (χ2n) is 5.17. The summed E-state index contributed by atoms with van der Waals surface area (Å²) >= 11 is 5.88. The van der Waals surface area contributed by atoms with Gasteiger partial charge in [0.05, 0.1) is 20.8 Å². The van der Waals surface area contributed by atoms with Gasteiger partial charge in [0.2, 0.25) is 5.91 Å². The van der Waals surface area contributed by atoms with Crippen LogP contribution in [0.4, 0.5) is 5.69 Å². The van der Waals surface area contributed by atoms with Gasteiger partial charge in [-0.1, -0.05) is 23.7 Å². The highest BCUT2D eigenvalue weighted by Crippen LogP contribution is 2.27. The van der Waals surface area contributed by atoms with Gasteiger partial charge in [0.15, 0.2) is 11.5 Å². The molecule has 2 rings (SSSR count). The highest BCUT2D eigenvalue weighted by molar-refractivity contribution is 6.30. The van der Waals surface area contributed by atoms with Crippen LogP contribution in [0.3, 0.4) is 0 Å². The minimum Gasteiger partial charge on any atom is -0.493 e. The van der Waals surface area contributed by atoms with E-state index in [-0.39, 0.29) is 12.5 Å². The van der Waals surface area contributed by atoms with Crippen LogP contribution in [0.5, 0.6) is 11.5 Å². The van der Waals surface area contributed by atoms with Crippen LogP contribution < -0.4 is 20.1 Å². The van der Waals surface area contributed by atoms with Crippen molar-refractivity contribution < 1.29 is 14.3 Å². The first-order valence-corrected chi connectivity index (χ1v) is 7.97. The predicted molar refractivity (Wildman–Crippen MR) is 96.2 cm³/mol. The largest absolute Gasteiger partial charge is 0.493 e. The molecule has 0 radical (unpaired) electrons. The summed E-state index contributed by atoms with van der Waals surface area (Å²) in [6, 6.07) is 12.9. The molecule has 2 aromatic carbocycles. The zero-order chi connectivity index (χ0) is 17.4. The monoisotopic (exact) mass is 348 g/mol. The summed E-state index contributed by atoms with van der Waals surface area (Å²) in [5, 5.41) is 6.50. The summed E-state index contributed by atoms with van der Waals surface area (Å²) in [7, 11) is 3.22. The number of carbonyl (C=O) groups is 1. The van der Waals surface area contributed by atoms with Gasteiger partial charge in [0.25, 0.3) is 0 Å². The number of benzene rings is 2. The van der Waals surface area contributed by atoms with E-state index in [4.69, 9.17) is 21.1 Å². The summed E-state index contributed by atoms with van der Waals surface area (Å²) in [5.41, 5.74) is 1.80. The summed E-state index contributed by atoms with van der Waals surface area (Å²) in [5.74, 6) is 1.30. The number of amides is 1. The Hall–Kier alpha value is -2.24. The fourth-order valence-electron chi connectivity index (χ4n) is 2.24. The lowest BCUT2D eigenvalue weighted by Gasteiger charge is -2.10. The van der Waals surface area contributed by atoms with Gasteiger partial charge in [-0.15, -0.1) is 0 Å². The molecule has 24 heavy (non-hydrogen) atoms. The van der Waals surface area contributed by atoms with Gasteiger partial charge in [-0.25, -0.2) is 0 Å². The Labute approximate surface area is 146 Å². The smallest absolute Gasteiger partial charge is 0.238 e. The molecule has 0 fully saturated rings. The van der Waals surface area contributed by atoms with Gasteiger partial charge in [-0.3, -0.25) is 4.79 Å². The minimum atomic E-state index is -0.107. The first-order valence-electron chi connectivity index (χ1n) is 7.59. The van der Waals surface area contributed by atoms with Gasteiger partial charge in [0.1, 0.15) is 0 Å². The third kappa shape index (κ3) is 5.44. The van der Waals surface area contributed by atoms with Crippen LogP contribution in [0.2, 0.25) is 5.02 Å². The van der Waals surface area contributed by atoms with Crippen LogP contribution in [-0.4, -0.2) is 33.2 Å². The van der Waals surface area contributed by atoms with Gasteiger partial charge < -0.3 is 20.1 Å². The van der Waals surface area contributed by atoms with E-state index in [9.17, 15) is 4.79 Å². The Morgan fingerprint density at radius 1 is 1.08 bits per heavy atom. The molecule has 5 nitrogen and oxygen atoms in total. The van der Waals surface area contributed by atoms with Crippen molar-refractivity contribution in [2.45, 2.75) is 6.42 Å². The third-order valence-electron chi connectivity index (χ3n) is 3.43. The standard InChI is InChI=1S/C18H21ClN2O3/c1-23-16-7-6-13(10-17(16)24-2)8-9-20-12-18(22)21-15-5-3-4-14(19)11-15/h3-7,10-11,20H,8-9,12H2,1-2H3,(H,21,22). The maximum Gasteiger partial charge on any atom is 0.238 e. The molecule has 6 heteroatoms. The van der Waals surface area contributed by atoms with Crippen LogP contribution in [0.1, 0.15) is 5.56 Å². The summed E-state index contributed by atoms with van der Waals surface area (Å²) in [4.78, 5) is 11.9. The van der Waals surface area contributed by atoms with Gasteiger partial charge in [0, 0.05) is 10.7 Å². The van der Waals surface area contributed by atoms with Crippen molar-refractivity contribution in [1.82, 2.24) is 5.32 Å². The SMILES string of the molecule is COc1ccc(CCNCC(=O)Nc2cccc(Cl)c2)cc1OC. The Balaban J connectivity index is 1.75. The van der Waals surface area contributed by atoms with Gasteiger partial charge in [-0.2, -0.15) is 0 Å². The minimum absolute atomic E-state index is 0.107. The van der Waals surface area contributed by atoms with E-state index in [1.807, 2.05) is 18.2 Å². The molecule has 0 spiro atoms. The second kappa shape index (κ2) is 9.15. The topological polar surface area (TPSA) is 59.6 Å². The van der Waals surface area contributed by atoms with Crippen molar-refractivity contribution in [3.8, 4) is 11.5 Å². The molecule has 0 atom stereocenters. The summed E-state index contributed by atoms with van der Waals surface area (Å²) in [6.45, 7) is 0.915. The van der Waals surface area contributed by atoms with Crippen LogP contribution in [-0.2, 0) is 11.2 Å². The van der Waals surface area contributed by atoms with E-state index in [2.05, 4.69) is 10.6 Å². The third-order valence-corrected chi connectivity index (χ3v) is 3.67. The van der Waals surface area contributed by atoms with E-state index < -0.39 is 0 Å². The molecule has 0 saturated carbocycles. The Kier molecular flexibility index (Phi) is 6.90. The van der Waals surface area contributed by atoms with Crippen molar-refractivity contribution in [2.24, 2.45) is 0 Å². The molecule has 0 saturated heterocycles. The molecule has 128 valence electrons. The number of hydrogen-bond donors (Lipinski definition) is 2. The van der Waals surface area contributed by atoms with Crippen LogP contribution in [0, 0.1) is 0 Å². The highest BCUT2D eigenvalue weighted by atomic mass is 35.5. The fraction of sp³-hybridized carbons (Fsp3) is 0.278. The number of methoxy groups -OCH3 is 2. The number of hydrogen-bond acceptors (Lipinski definition) is 4. The Bertz CT molecular complexity index is 692. The summed E-state index contributed by atoms with van der Waals surface area (Å²) in [6.07, 6.45) is 0.783. The second-order valence-corrected chi connectivity index (χ2v) is 5.61. The number of ether oxygens (including phenoxy) is 2. The van der Waals surface area contributed by atoms with Crippen LogP contribution in [0.25, 0.3) is 0 Å². The molecule has 2 N–H and O–H groups in total. The molecule has 0 aromatic heterocycles. The number of halogens is 1. The van der Waals surface area contributed by atoms with Crippen molar-refractivity contribution in [1.29, 1.82) is 0 Å². The number of anilines is 1. The van der Waals surface area contributed by atoms with E-state index >= 15 is 0 Å². The molecule has 0 aliphatic rings. The predicted octanol–water partition coefficient (Wildman–Crippen LogP) is 3.13. The van der Waals surface area contributed by atoms with Crippen LogP contribution >= 0.6 is 11.6 Å². The van der Waals surface area contributed by atoms with E-state index in [1.165, 1.54) is 0 Å². The Morgan fingerprint density at radius 3 is 2.58 bits per heavy atom. The molecular formula is C18H21ClN2O3. The van der Waals surface area contributed by atoms with E-state index in [0.29, 0.717) is 28.8 Å². The van der Waals surface area contributed by atoms with Gasteiger partial charge >= 0.3 is 0 Å². The number of rotatable bonds is 8. The quantitative estimate of drug-likeness (QED) is 0.720. The number of nitrogens with one attached hydrogen (secondary N) is 2. The maximum absolute atomic E-state index is 11.9. The molecular weight excluding hydrogens is 328 g/mol. The molecule has 0 aliphatic heterocycles.